The molecule has 1 fully saturated rings. The number of aryl methyl sites for hydroxylation is 1. The second-order valence-corrected chi connectivity index (χ2v) is 7.66. The number of carbonyl (C=O) groups excluding carboxylic acids is 1. The van der Waals surface area contributed by atoms with Gasteiger partial charge in [0.1, 0.15) is 5.56 Å². The number of nitrogens with zero attached hydrogens (tertiary/aromatic N) is 3. The van der Waals surface area contributed by atoms with E-state index in [1.165, 1.54) is 9.71 Å². The van der Waals surface area contributed by atoms with Gasteiger partial charge in [-0.15, -0.1) is 11.3 Å². The van der Waals surface area contributed by atoms with E-state index in [9.17, 15) is 4.79 Å². The second-order valence-electron chi connectivity index (χ2n) is 6.60. The molecule has 0 bridgehead atoms. The van der Waals surface area contributed by atoms with Crippen molar-refractivity contribution in [2.75, 3.05) is 20.2 Å². The summed E-state index contributed by atoms with van der Waals surface area (Å²) in [5.74, 6) is 0.829. The summed E-state index contributed by atoms with van der Waals surface area (Å²) in [7, 11) is 1.55. The Kier molecular flexibility index (Phi) is 4.59. The summed E-state index contributed by atoms with van der Waals surface area (Å²) in [6.07, 6.45) is 1.88. The van der Waals surface area contributed by atoms with Crippen LogP contribution in [0.5, 0.6) is 5.88 Å². The number of amides is 1. The Bertz CT molecular complexity index is 912. The maximum atomic E-state index is 12.9. The fourth-order valence-corrected chi connectivity index (χ4v) is 4.55. The molecule has 26 heavy (non-hydrogen) atoms. The van der Waals surface area contributed by atoms with Crippen LogP contribution < -0.4 is 4.74 Å². The molecule has 0 unspecified atom stereocenters. The molecule has 0 radical (unpaired) electrons. The Labute approximate surface area is 156 Å². The Hall–Kier alpha value is -2.47. The molecule has 4 rings (SSSR count). The average Bonchev–Trinajstić information content (AvgIpc) is 3.11. The first kappa shape index (κ1) is 17.0. The van der Waals surface area contributed by atoms with Crippen molar-refractivity contribution in [3.05, 3.63) is 52.7 Å². The molecule has 1 aromatic carbocycles. The summed E-state index contributed by atoms with van der Waals surface area (Å²) in [6.45, 7) is 3.35. The van der Waals surface area contributed by atoms with Crippen molar-refractivity contribution in [2.24, 2.45) is 0 Å². The Morgan fingerprint density at radius 2 is 1.92 bits per heavy atom. The molecule has 5 nitrogen and oxygen atoms in total. The third-order valence-corrected chi connectivity index (χ3v) is 6.06. The van der Waals surface area contributed by atoms with Gasteiger partial charge >= 0.3 is 0 Å². The second kappa shape index (κ2) is 7.03. The highest BCUT2D eigenvalue weighted by Gasteiger charge is 2.28. The van der Waals surface area contributed by atoms with E-state index < -0.39 is 0 Å². The van der Waals surface area contributed by atoms with Crippen molar-refractivity contribution in [3.63, 3.8) is 0 Å². The van der Waals surface area contributed by atoms with Crippen LogP contribution in [0.3, 0.4) is 0 Å². The molecular formula is C20H21N3O2S. The maximum absolute atomic E-state index is 12.9. The van der Waals surface area contributed by atoms with E-state index in [2.05, 4.69) is 23.2 Å². The molecule has 1 aliphatic heterocycles. The first-order valence-corrected chi connectivity index (χ1v) is 9.63. The molecule has 0 saturated carbocycles. The van der Waals surface area contributed by atoms with Crippen molar-refractivity contribution >= 4 is 27.5 Å². The van der Waals surface area contributed by atoms with Crippen molar-refractivity contribution < 1.29 is 9.53 Å². The van der Waals surface area contributed by atoms with Gasteiger partial charge in [-0.25, -0.2) is 9.97 Å². The zero-order valence-electron chi connectivity index (χ0n) is 14.9. The molecule has 2 aromatic heterocycles. The van der Waals surface area contributed by atoms with Crippen LogP contribution in [-0.2, 0) is 0 Å². The van der Waals surface area contributed by atoms with Crippen LogP contribution in [0, 0.1) is 6.92 Å². The largest absolute Gasteiger partial charge is 0.480 e. The van der Waals surface area contributed by atoms with Gasteiger partial charge in [0.25, 0.3) is 5.91 Å². The molecule has 1 amide bonds. The molecule has 1 saturated heterocycles. The average molecular weight is 367 g/mol. The monoisotopic (exact) mass is 367 g/mol. The van der Waals surface area contributed by atoms with Crippen LogP contribution >= 0.6 is 11.3 Å². The lowest BCUT2D eigenvalue weighted by molar-refractivity contribution is 0.0708. The van der Waals surface area contributed by atoms with Gasteiger partial charge in [-0.05, 0) is 44.0 Å². The molecule has 134 valence electrons. The summed E-state index contributed by atoms with van der Waals surface area (Å²) >= 11 is 1.77. The van der Waals surface area contributed by atoms with Crippen LogP contribution in [0.15, 0.2) is 36.4 Å². The van der Waals surface area contributed by atoms with Crippen molar-refractivity contribution in [3.8, 4) is 5.88 Å². The number of thiazole rings is 1. The number of para-hydroxylation sites is 1. The maximum Gasteiger partial charge on any atom is 0.259 e. The van der Waals surface area contributed by atoms with Gasteiger partial charge in [-0.2, -0.15) is 0 Å². The molecule has 1 aliphatic rings. The van der Waals surface area contributed by atoms with Gasteiger partial charge in [0, 0.05) is 24.7 Å². The summed E-state index contributed by atoms with van der Waals surface area (Å²) in [6, 6.07) is 11.9. The van der Waals surface area contributed by atoms with E-state index >= 15 is 0 Å². The zero-order valence-corrected chi connectivity index (χ0v) is 15.8. The fraction of sp³-hybridized carbons (Fsp3) is 0.350. The van der Waals surface area contributed by atoms with Crippen LogP contribution in [0.4, 0.5) is 0 Å². The van der Waals surface area contributed by atoms with Crippen LogP contribution in [0.1, 0.15) is 39.8 Å². The first-order chi connectivity index (χ1) is 12.7. The summed E-state index contributed by atoms with van der Waals surface area (Å²) in [5.41, 5.74) is 2.45. The quantitative estimate of drug-likeness (QED) is 0.701. The van der Waals surface area contributed by atoms with Crippen LogP contribution in [0.25, 0.3) is 10.2 Å². The lowest BCUT2D eigenvalue weighted by Gasteiger charge is -2.31. The molecule has 3 heterocycles. The SMILES string of the molecule is COc1nc(C)ccc1C(=O)N1CCC(c2nc3ccccc3s2)CC1. The van der Waals surface area contributed by atoms with Gasteiger partial charge in [0.05, 0.1) is 22.3 Å². The third-order valence-electron chi connectivity index (χ3n) is 4.87. The predicted octanol–water partition coefficient (Wildman–Crippen LogP) is 4.03. The van der Waals surface area contributed by atoms with E-state index in [-0.39, 0.29) is 5.91 Å². The van der Waals surface area contributed by atoms with Crippen molar-refractivity contribution in [1.82, 2.24) is 14.9 Å². The van der Waals surface area contributed by atoms with Gasteiger partial charge in [-0.3, -0.25) is 4.79 Å². The van der Waals surface area contributed by atoms with Gasteiger partial charge < -0.3 is 9.64 Å². The number of fused-ring (bicyclic) bond motifs is 1. The minimum Gasteiger partial charge on any atom is -0.480 e. The first-order valence-electron chi connectivity index (χ1n) is 8.82. The minimum absolute atomic E-state index is 0.00269. The number of ether oxygens (including phenoxy) is 1. The number of methoxy groups -OCH3 is 1. The van der Waals surface area contributed by atoms with E-state index in [0.717, 1.165) is 37.1 Å². The van der Waals surface area contributed by atoms with E-state index in [0.29, 0.717) is 17.4 Å². The molecular weight excluding hydrogens is 346 g/mol. The Balaban J connectivity index is 1.47. The Morgan fingerprint density at radius 1 is 1.15 bits per heavy atom. The summed E-state index contributed by atoms with van der Waals surface area (Å²) in [4.78, 5) is 23.9. The number of likely N-dealkylation sites (tertiary alicyclic amines) is 1. The Morgan fingerprint density at radius 3 is 2.65 bits per heavy atom. The van der Waals surface area contributed by atoms with E-state index in [4.69, 9.17) is 9.72 Å². The van der Waals surface area contributed by atoms with Gasteiger partial charge in [-0.1, -0.05) is 12.1 Å². The van der Waals surface area contributed by atoms with Crippen LogP contribution in [0.2, 0.25) is 0 Å². The molecule has 3 aromatic rings. The standard InChI is InChI=1S/C20H21N3O2S/c1-13-7-8-15(18(21-13)25-2)20(24)23-11-9-14(10-12-23)19-22-16-5-3-4-6-17(16)26-19/h3-8,14H,9-12H2,1-2H3. The van der Waals surface area contributed by atoms with Crippen LogP contribution in [-0.4, -0.2) is 41.0 Å². The lowest BCUT2D eigenvalue weighted by Crippen LogP contribution is -2.38. The van der Waals surface area contributed by atoms with Crippen molar-refractivity contribution in [2.45, 2.75) is 25.7 Å². The van der Waals surface area contributed by atoms with Gasteiger partial charge in [0.2, 0.25) is 5.88 Å². The zero-order chi connectivity index (χ0) is 18.1. The number of benzene rings is 1. The number of piperidine rings is 1. The smallest absolute Gasteiger partial charge is 0.259 e. The number of hydrogen-bond donors (Lipinski definition) is 0. The highest BCUT2D eigenvalue weighted by Crippen LogP contribution is 2.34. The molecule has 0 atom stereocenters. The highest BCUT2D eigenvalue weighted by molar-refractivity contribution is 7.18. The lowest BCUT2D eigenvalue weighted by atomic mass is 9.97. The molecule has 0 spiro atoms. The fourth-order valence-electron chi connectivity index (χ4n) is 3.42. The topological polar surface area (TPSA) is 55.3 Å². The summed E-state index contributed by atoms with van der Waals surface area (Å²) in [5, 5.41) is 1.19. The normalized spacial score (nSPS) is 15.4. The number of rotatable bonds is 3. The number of hydrogen-bond acceptors (Lipinski definition) is 5. The highest BCUT2D eigenvalue weighted by atomic mass is 32.1. The molecule has 6 heteroatoms. The number of carbonyl (C=O) groups is 1. The molecule has 0 N–H and O–H groups in total. The minimum atomic E-state index is -0.00269. The summed E-state index contributed by atoms with van der Waals surface area (Å²) < 4.78 is 6.53. The predicted molar refractivity (Wildman–Crippen MR) is 103 cm³/mol. The van der Waals surface area contributed by atoms with E-state index in [1.807, 2.05) is 30.0 Å². The third kappa shape index (κ3) is 3.17. The van der Waals surface area contributed by atoms with E-state index in [1.54, 1.807) is 18.4 Å². The van der Waals surface area contributed by atoms with Gasteiger partial charge in [0.15, 0.2) is 0 Å². The number of aromatic nitrogens is 2. The number of pyridine rings is 1. The van der Waals surface area contributed by atoms with Crippen molar-refractivity contribution in [1.29, 1.82) is 0 Å². The molecule has 0 aliphatic carbocycles.